The molecule has 1 saturated heterocycles. The van der Waals surface area contributed by atoms with Gasteiger partial charge in [0.25, 0.3) is 5.56 Å². The van der Waals surface area contributed by atoms with Crippen LogP contribution in [0.15, 0.2) is 41.3 Å². The lowest BCUT2D eigenvalue weighted by atomic mass is 10.0. The van der Waals surface area contributed by atoms with Crippen molar-refractivity contribution in [3.63, 3.8) is 0 Å². The summed E-state index contributed by atoms with van der Waals surface area (Å²) in [4.78, 5) is 24.6. The first-order valence-corrected chi connectivity index (χ1v) is 10.5. The van der Waals surface area contributed by atoms with Gasteiger partial charge in [-0.2, -0.15) is 5.26 Å². The number of halogens is 2. The molecular weight excluding hydrogens is 447 g/mol. The Labute approximate surface area is 199 Å². The number of nitrogens with zero attached hydrogens (tertiary/aromatic N) is 4. The molecule has 0 spiro atoms. The second kappa shape index (κ2) is 10.2. The molecule has 0 bridgehead atoms. The van der Waals surface area contributed by atoms with Crippen molar-refractivity contribution < 1.29 is 0 Å². The largest absolute Gasteiger partial charge is 0.384 e. The van der Waals surface area contributed by atoms with Crippen LogP contribution in [0, 0.1) is 11.3 Å². The van der Waals surface area contributed by atoms with E-state index in [1.807, 2.05) is 12.1 Å². The molecule has 0 unspecified atom stereocenters. The standard InChI is InChI=1S/C23H24N6O.2ClH/c24-13-17-4-6-21(26-14-17)29-10-8-28(9-11-29)15-16-3-5-18-20(12-16)27-23(30)19-2-1-7-25-22(18)19;;/h3-6,12,14,25H,1-2,7-11,15H2,(H,27,30);2*1H. The van der Waals surface area contributed by atoms with Gasteiger partial charge in [-0.3, -0.25) is 9.69 Å². The Morgan fingerprint density at radius 1 is 1.09 bits per heavy atom. The van der Waals surface area contributed by atoms with E-state index in [0.29, 0.717) is 5.56 Å². The number of piperazine rings is 1. The molecule has 0 radical (unpaired) electrons. The summed E-state index contributed by atoms with van der Waals surface area (Å²) in [5.41, 5.74) is 4.63. The van der Waals surface area contributed by atoms with Crippen molar-refractivity contribution in [2.45, 2.75) is 19.4 Å². The van der Waals surface area contributed by atoms with Crippen LogP contribution in [0.2, 0.25) is 0 Å². The zero-order valence-corrected chi connectivity index (χ0v) is 19.3. The number of H-pyrrole nitrogens is 1. The quantitative estimate of drug-likeness (QED) is 0.607. The van der Waals surface area contributed by atoms with Gasteiger partial charge in [0.2, 0.25) is 0 Å². The normalized spacial score (nSPS) is 15.7. The van der Waals surface area contributed by atoms with Gasteiger partial charge in [-0.1, -0.05) is 12.1 Å². The van der Waals surface area contributed by atoms with Crippen molar-refractivity contribution in [1.29, 1.82) is 5.26 Å². The summed E-state index contributed by atoms with van der Waals surface area (Å²) in [7, 11) is 0. The van der Waals surface area contributed by atoms with Gasteiger partial charge in [0.1, 0.15) is 11.9 Å². The topological polar surface area (TPSA) is 88.0 Å². The molecule has 2 aliphatic rings. The van der Waals surface area contributed by atoms with Gasteiger partial charge in [0.15, 0.2) is 0 Å². The number of nitrogens with one attached hydrogen (secondary N) is 2. The van der Waals surface area contributed by atoms with E-state index in [4.69, 9.17) is 5.26 Å². The summed E-state index contributed by atoms with van der Waals surface area (Å²) in [6.07, 6.45) is 3.47. The van der Waals surface area contributed by atoms with Crippen LogP contribution in [0.25, 0.3) is 10.9 Å². The predicted molar refractivity (Wildman–Crippen MR) is 132 cm³/mol. The van der Waals surface area contributed by atoms with E-state index in [2.05, 4.69) is 49.4 Å². The Hall–Kier alpha value is -2.79. The minimum Gasteiger partial charge on any atom is -0.384 e. The molecule has 9 heteroatoms. The summed E-state index contributed by atoms with van der Waals surface area (Å²) in [6, 6.07) is 12.3. The van der Waals surface area contributed by atoms with Crippen LogP contribution in [0.1, 0.15) is 23.1 Å². The summed E-state index contributed by atoms with van der Waals surface area (Å²) in [6.45, 7) is 5.48. The van der Waals surface area contributed by atoms with Gasteiger partial charge in [-0.15, -0.1) is 24.8 Å². The van der Waals surface area contributed by atoms with E-state index in [9.17, 15) is 4.79 Å². The first-order valence-electron chi connectivity index (χ1n) is 10.5. The van der Waals surface area contributed by atoms with Gasteiger partial charge < -0.3 is 15.2 Å². The van der Waals surface area contributed by atoms with Gasteiger partial charge in [0, 0.05) is 56.4 Å². The van der Waals surface area contributed by atoms with E-state index >= 15 is 0 Å². The molecule has 1 fully saturated rings. The third-order valence-corrected chi connectivity index (χ3v) is 6.06. The highest BCUT2D eigenvalue weighted by Gasteiger charge is 2.19. The maximum absolute atomic E-state index is 12.5. The smallest absolute Gasteiger partial charge is 0.253 e. The number of nitriles is 1. The Balaban J connectivity index is 0.00000144. The van der Waals surface area contributed by atoms with E-state index in [-0.39, 0.29) is 30.4 Å². The summed E-state index contributed by atoms with van der Waals surface area (Å²) < 4.78 is 0. The molecular formula is C23H26Cl2N6O. The average molecular weight is 473 g/mol. The van der Waals surface area contributed by atoms with Crippen LogP contribution in [0.5, 0.6) is 0 Å². The average Bonchev–Trinajstić information content (AvgIpc) is 2.80. The predicted octanol–water partition coefficient (Wildman–Crippen LogP) is 3.32. The third kappa shape index (κ3) is 4.68. The minimum absolute atomic E-state index is 0. The fraction of sp³-hybridized carbons (Fsp3) is 0.348. The van der Waals surface area contributed by atoms with Crippen molar-refractivity contribution >= 4 is 47.2 Å². The maximum Gasteiger partial charge on any atom is 0.253 e. The van der Waals surface area contributed by atoms with Crippen molar-refractivity contribution in [2.24, 2.45) is 0 Å². The van der Waals surface area contributed by atoms with E-state index in [1.165, 1.54) is 5.56 Å². The lowest BCUT2D eigenvalue weighted by molar-refractivity contribution is 0.249. The van der Waals surface area contributed by atoms with Crippen LogP contribution < -0.4 is 15.8 Å². The fourth-order valence-electron chi connectivity index (χ4n) is 4.44. The highest BCUT2D eigenvalue weighted by molar-refractivity contribution is 5.93. The maximum atomic E-state index is 12.5. The molecule has 0 atom stereocenters. The molecule has 32 heavy (non-hydrogen) atoms. The first-order chi connectivity index (χ1) is 14.7. The van der Waals surface area contributed by atoms with Crippen molar-refractivity contribution in [3.8, 4) is 6.07 Å². The molecule has 1 aromatic carbocycles. The highest BCUT2D eigenvalue weighted by Crippen LogP contribution is 2.28. The molecule has 2 aliphatic heterocycles. The van der Waals surface area contributed by atoms with E-state index in [0.717, 1.165) is 80.1 Å². The lowest BCUT2D eigenvalue weighted by Crippen LogP contribution is -2.46. The summed E-state index contributed by atoms with van der Waals surface area (Å²) >= 11 is 0. The summed E-state index contributed by atoms with van der Waals surface area (Å²) in [5, 5.41) is 13.4. The van der Waals surface area contributed by atoms with Crippen LogP contribution in [0.4, 0.5) is 11.5 Å². The molecule has 2 aromatic heterocycles. The number of anilines is 2. The van der Waals surface area contributed by atoms with Gasteiger partial charge >= 0.3 is 0 Å². The Morgan fingerprint density at radius 3 is 2.62 bits per heavy atom. The SMILES string of the molecule is Cl.Cl.N#Cc1ccc(N2CCN(Cc3ccc4c5c(c(=O)[nH]c4c3)CCCN5)CC2)nc1. The minimum atomic E-state index is 0. The highest BCUT2D eigenvalue weighted by atomic mass is 35.5. The van der Waals surface area contributed by atoms with Crippen molar-refractivity contribution in [2.75, 3.05) is 42.9 Å². The zero-order valence-electron chi connectivity index (χ0n) is 17.6. The van der Waals surface area contributed by atoms with Crippen molar-refractivity contribution in [1.82, 2.24) is 14.9 Å². The summed E-state index contributed by atoms with van der Waals surface area (Å²) in [5.74, 6) is 0.925. The second-order valence-corrected chi connectivity index (χ2v) is 8.00. The molecule has 0 aliphatic carbocycles. The van der Waals surface area contributed by atoms with E-state index < -0.39 is 0 Å². The van der Waals surface area contributed by atoms with Crippen molar-refractivity contribution in [3.05, 3.63) is 63.6 Å². The second-order valence-electron chi connectivity index (χ2n) is 8.00. The van der Waals surface area contributed by atoms with Gasteiger partial charge in [0.05, 0.1) is 16.8 Å². The molecule has 5 rings (SSSR count). The van der Waals surface area contributed by atoms with Crippen LogP contribution >= 0.6 is 24.8 Å². The molecule has 2 N–H and O–H groups in total. The number of aromatic nitrogens is 2. The Kier molecular flexibility index (Phi) is 7.62. The number of fused-ring (bicyclic) bond motifs is 3. The van der Waals surface area contributed by atoms with Crippen LogP contribution in [0.3, 0.4) is 0 Å². The lowest BCUT2D eigenvalue weighted by Gasteiger charge is -2.35. The van der Waals surface area contributed by atoms with Gasteiger partial charge in [-0.25, -0.2) is 4.98 Å². The number of rotatable bonds is 3. The van der Waals surface area contributed by atoms with Crippen LogP contribution in [-0.2, 0) is 13.0 Å². The molecule has 0 saturated carbocycles. The van der Waals surface area contributed by atoms with Crippen LogP contribution in [-0.4, -0.2) is 47.6 Å². The van der Waals surface area contributed by atoms with Gasteiger partial charge in [-0.05, 0) is 36.6 Å². The molecule has 168 valence electrons. The first kappa shape index (κ1) is 23.9. The number of pyridine rings is 2. The van der Waals surface area contributed by atoms with E-state index in [1.54, 1.807) is 6.20 Å². The number of hydrogen-bond donors (Lipinski definition) is 2. The molecule has 7 nitrogen and oxygen atoms in total. The zero-order chi connectivity index (χ0) is 20.5. The molecule has 3 aromatic rings. The monoisotopic (exact) mass is 472 g/mol. The fourth-order valence-corrected chi connectivity index (χ4v) is 4.44. The molecule has 4 heterocycles. The number of benzene rings is 1. The third-order valence-electron chi connectivity index (χ3n) is 6.06. The number of hydrogen-bond acceptors (Lipinski definition) is 6. The Bertz CT molecular complexity index is 1180. The Morgan fingerprint density at radius 2 is 1.91 bits per heavy atom. The number of aromatic amines is 1. The molecule has 0 amide bonds.